The first-order chi connectivity index (χ1) is 9.49. The fourth-order valence-corrected chi connectivity index (χ4v) is 1.69. The van der Waals surface area contributed by atoms with E-state index in [9.17, 15) is 4.39 Å². The SMILES string of the molecule is COc1cc(Nc2cc(N)nc(C(C)C)n2)ccc1F. The Kier molecular flexibility index (Phi) is 4.02. The van der Waals surface area contributed by atoms with Crippen LogP contribution < -0.4 is 15.8 Å². The zero-order chi connectivity index (χ0) is 14.7. The lowest BCUT2D eigenvalue weighted by atomic mass is 10.2. The van der Waals surface area contributed by atoms with Crippen molar-refractivity contribution in [1.29, 1.82) is 0 Å². The Bertz CT molecular complexity index is 616. The molecule has 106 valence electrons. The minimum Gasteiger partial charge on any atom is -0.494 e. The average molecular weight is 276 g/mol. The molecule has 5 nitrogen and oxygen atoms in total. The fraction of sp³-hybridized carbons (Fsp3) is 0.286. The summed E-state index contributed by atoms with van der Waals surface area (Å²) in [5, 5.41) is 3.06. The van der Waals surface area contributed by atoms with Gasteiger partial charge in [0.2, 0.25) is 0 Å². The van der Waals surface area contributed by atoms with Gasteiger partial charge in [0.1, 0.15) is 17.5 Å². The Morgan fingerprint density at radius 3 is 2.65 bits per heavy atom. The van der Waals surface area contributed by atoms with Crippen LogP contribution in [0.1, 0.15) is 25.6 Å². The molecule has 20 heavy (non-hydrogen) atoms. The molecule has 1 aromatic carbocycles. The lowest BCUT2D eigenvalue weighted by Gasteiger charge is -2.11. The number of anilines is 3. The van der Waals surface area contributed by atoms with Gasteiger partial charge in [-0.3, -0.25) is 0 Å². The number of hydrogen-bond acceptors (Lipinski definition) is 5. The number of ether oxygens (including phenoxy) is 1. The lowest BCUT2D eigenvalue weighted by Crippen LogP contribution is -2.05. The number of nitrogens with two attached hydrogens (primary N) is 1. The van der Waals surface area contributed by atoms with E-state index >= 15 is 0 Å². The molecule has 0 aliphatic carbocycles. The van der Waals surface area contributed by atoms with E-state index in [0.717, 1.165) is 0 Å². The van der Waals surface area contributed by atoms with E-state index in [4.69, 9.17) is 10.5 Å². The number of benzene rings is 1. The van der Waals surface area contributed by atoms with Crippen LogP contribution in [-0.2, 0) is 0 Å². The highest BCUT2D eigenvalue weighted by atomic mass is 19.1. The summed E-state index contributed by atoms with van der Waals surface area (Å²) in [6.45, 7) is 3.97. The van der Waals surface area contributed by atoms with Crippen molar-refractivity contribution in [2.45, 2.75) is 19.8 Å². The largest absolute Gasteiger partial charge is 0.494 e. The molecule has 2 rings (SSSR count). The van der Waals surface area contributed by atoms with Crippen molar-refractivity contribution >= 4 is 17.3 Å². The molecular weight excluding hydrogens is 259 g/mol. The first-order valence-electron chi connectivity index (χ1n) is 6.24. The van der Waals surface area contributed by atoms with Gasteiger partial charge in [-0.1, -0.05) is 13.8 Å². The van der Waals surface area contributed by atoms with Crippen LogP contribution in [0.5, 0.6) is 5.75 Å². The third kappa shape index (κ3) is 3.14. The van der Waals surface area contributed by atoms with Crippen LogP contribution in [0, 0.1) is 5.82 Å². The molecule has 0 fully saturated rings. The van der Waals surface area contributed by atoms with Crippen LogP contribution in [0.15, 0.2) is 24.3 Å². The minimum absolute atomic E-state index is 0.168. The molecule has 1 heterocycles. The van der Waals surface area contributed by atoms with Gasteiger partial charge in [-0.05, 0) is 12.1 Å². The minimum atomic E-state index is -0.414. The van der Waals surface area contributed by atoms with Crippen molar-refractivity contribution < 1.29 is 9.13 Å². The Morgan fingerprint density at radius 2 is 2.00 bits per heavy atom. The van der Waals surface area contributed by atoms with Gasteiger partial charge in [0.25, 0.3) is 0 Å². The van der Waals surface area contributed by atoms with Gasteiger partial charge < -0.3 is 15.8 Å². The molecule has 0 radical (unpaired) electrons. The number of nitrogens with zero attached hydrogens (tertiary/aromatic N) is 2. The highest BCUT2D eigenvalue weighted by molar-refractivity contribution is 5.60. The molecule has 0 aliphatic rings. The number of rotatable bonds is 4. The maximum Gasteiger partial charge on any atom is 0.165 e. The summed E-state index contributed by atoms with van der Waals surface area (Å²) in [5.74, 6) is 1.53. The molecule has 3 N–H and O–H groups in total. The van der Waals surface area contributed by atoms with Crippen LogP contribution in [0.3, 0.4) is 0 Å². The first kappa shape index (κ1) is 14.0. The maximum atomic E-state index is 13.3. The van der Waals surface area contributed by atoms with E-state index in [1.807, 2.05) is 13.8 Å². The van der Waals surface area contributed by atoms with E-state index in [0.29, 0.717) is 23.1 Å². The van der Waals surface area contributed by atoms with E-state index in [1.165, 1.54) is 13.2 Å². The van der Waals surface area contributed by atoms with Crippen molar-refractivity contribution in [3.05, 3.63) is 35.9 Å². The standard InChI is InChI=1S/C14H17FN4O/c1-8(2)14-18-12(16)7-13(19-14)17-9-4-5-10(15)11(6-9)20-3/h4-8H,1-3H3,(H3,16,17,18,19). The quantitative estimate of drug-likeness (QED) is 0.897. The zero-order valence-corrected chi connectivity index (χ0v) is 11.6. The second-order valence-electron chi connectivity index (χ2n) is 4.67. The summed E-state index contributed by atoms with van der Waals surface area (Å²) in [6, 6.07) is 6.12. The molecule has 0 bridgehead atoms. The summed E-state index contributed by atoms with van der Waals surface area (Å²) < 4.78 is 18.3. The van der Waals surface area contributed by atoms with E-state index in [2.05, 4.69) is 15.3 Å². The van der Waals surface area contributed by atoms with Gasteiger partial charge >= 0.3 is 0 Å². The van der Waals surface area contributed by atoms with E-state index < -0.39 is 5.82 Å². The monoisotopic (exact) mass is 276 g/mol. The molecule has 1 aromatic heterocycles. The molecule has 0 saturated carbocycles. The molecule has 0 unspecified atom stereocenters. The average Bonchev–Trinajstić information content (AvgIpc) is 2.40. The highest BCUT2D eigenvalue weighted by Crippen LogP contribution is 2.24. The smallest absolute Gasteiger partial charge is 0.165 e. The van der Waals surface area contributed by atoms with Crippen molar-refractivity contribution in [3.8, 4) is 5.75 Å². The predicted octanol–water partition coefficient (Wildman–Crippen LogP) is 3.07. The van der Waals surface area contributed by atoms with Gasteiger partial charge in [-0.15, -0.1) is 0 Å². The number of methoxy groups -OCH3 is 1. The van der Waals surface area contributed by atoms with E-state index in [-0.39, 0.29) is 11.7 Å². The van der Waals surface area contributed by atoms with Gasteiger partial charge in [-0.25, -0.2) is 14.4 Å². The number of aromatic nitrogens is 2. The fourth-order valence-electron chi connectivity index (χ4n) is 1.69. The molecule has 2 aromatic rings. The highest BCUT2D eigenvalue weighted by Gasteiger charge is 2.08. The van der Waals surface area contributed by atoms with Crippen LogP contribution in [0.25, 0.3) is 0 Å². The van der Waals surface area contributed by atoms with Gasteiger partial charge in [0.05, 0.1) is 7.11 Å². The van der Waals surface area contributed by atoms with Crippen molar-refractivity contribution in [1.82, 2.24) is 9.97 Å². The van der Waals surface area contributed by atoms with Crippen molar-refractivity contribution in [2.75, 3.05) is 18.2 Å². The zero-order valence-electron chi connectivity index (χ0n) is 11.6. The van der Waals surface area contributed by atoms with Crippen LogP contribution in [0.2, 0.25) is 0 Å². The summed E-state index contributed by atoms with van der Waals surface area (Å²) >= 11 is 0. The van der Waals surface area contributed by atoms with Gasteiger partial charge in [0.15, 0.2) is 11.6 Å². The molecule has 6 heteroatoms. The predicted molar refractivity (Wildman–Crippen MR) is 76.8 cm³/mol. The van der Waals surface area contributed by atoms with E-state index in [1.54, 1.807) is 18.2 Å². The lowest BCUT2D eigenvalue weighted by molar-refractivity contribution is 0.387. The Balaban J connectivity index is 2.30. The summed E-state index contributed by atoms with van der Waals surface area (Å²) in [6.07, 6.45) is 0. The second kappa shape index (κ2) is 5.73. The Labute approximate surface area is 117 Å². The van der Waals surface area contributed by atoms with Crippen molar-refractivity contribution in [3.63, 3.8) is 0 Å². The van der Waals surface area contributed by atoms with Gasteiger partial charge in [-0.2, -0.15) is 0 Å². The van der Waals surface area contributed by atoms with Gasteiger partial charge in [0, 0.05) is 23.7 Å². The number of hydrogen-bond donors (Lipinski definition) is 2. The number of halogens is 1. The molecule has 0 atom stereocenters. The molecule has 0 saturated heterocycles. The molecule has 0 amide bonds. The summed E-state index contributed by atoms with van der Waals surface area (Å²) in [7, 11) is 1.42. The third-order valence-corrected chi connectivity index (χ3v) is 2.70. The number of nitrogens with one attached hydrogen (secondary N) is 1. The Morgan fingerprint density at radius 1 is 1.25 bits per heavy atom. The molecular formula is C14H17FN4O. The van der Waals surface area contributed by atoms with Crippen molar-refractivity contribution in [2.24, 2.45) is 0 Å². The normalized spacial score (nSPS) is 10.7. The first-order valence-corrected chi connectivity index (χ1v) is 6.24. The second-order valence-corrected chi connectivity index (χ2v) is 4.67. The topological polar surface area (TPSA) is 73.1 Å². The maximum absolute atomic E-state index is 13.3. The summed E-state index contributed by atoms with van der Waals surface area (Å²) in [5.41, 5.74) is 6.42. The molecule has 0 aliphatic heterocycles. The Hall–Kier alpha value is -2.37. The molecule has 0 spiro atoms. The van der Waals surface area contributed by atoms with Crippen LogP contribution in [-0.4, -0.2) is 17.1 Å². The van der Waals surface area contributed by atoms with Crippen LogP contribution >= 0.6 is 0 Å². The van der Waals surface area contributed by atoms with Crippen LogP contribution in [0.4, 0.5) is 21.7 Å². The number of nitrogen functional groups attached to an aromatic ring is 1. The third-order valence-electron chi connectivity index (χ3n) is 2.70. The summed E-state index contributed by atoms with van der Waals surface area (Å²) in [4.78, 5) is 8.53.